The molecule has 0 aromatic heterocycles. The molecule has 118 valence electrons. The summed E-state index contributed by atoms with van der Waals surface area (Å²) in [4.78, 5) is 0. The maximum atomic E-state index is 6.40. The molecule has 1 aromatic rings. The number of hydrogen-bond donors (Lipinski definition) is 0. The van der Waals surface area contributed by atoms with Gasteiger partial charge in [-0.15, -0.1) is 23.2 Å². The summed E-state index contributed by atoms with van der Waals surface area (Å²) in [6.07, 6.45) is -0.465. The van der Waals surface area contributed by atoms with Gasteiger partial charge in [0.2, 0.25) is 0 Å². The summed E-state index contributed by atoms with van der Waals surface area (Å²) in [6, 6.07) is 3.46. The first-order valence-corrected chi connectivity index (χ1v) is 8.49. The first kappa shape index (κ1) is 17.9. The zero-order valence-corrected chi connectivity index (χ0v) is 15.3. The van der Waals surface area contributed by atoms with Crippen molar-refractivity contribution in [1.29, 1.82) is 0 Å². The summed E-state index contributed by atoms with van der Waals surface area (Å²) in [7, 11) is 0. The van der Waals surface area contributed by atoms with Crippen LogP contribution in [0, 0.1) is 5.92 Å². The number of alkyl halides is 2. The molecule has 1 aromatic carbocycles. The van der Waals surface area contributed by atoms with Gasteiger partial charge < -0.3 is 9.47 Å². The number of benzene rings is 1. The van der Waals surface area contributed by atoms with Gasteiger partial charge in [0.25, 0.3) is 0 Å². The highest BCUT2D eigenvalue weighted by Crippen LogP contribution is 2.67. The van der Waals surface area contributed by atoms with Crippen LogP contribution in [0.25, 0.3) is 0 Å². The predicted octanol–water partition coefficient (Wildman–Crippen LogP) is 5.93. The van der Waals surface area contributed by atoms with E-state index in [1.54, 1.807) is 12.1 Å². The van der Waals surface area contributed by atoms with Crippen LogP contribution in [0.5, 0.6) is 0 Å². The number of rotatable bonds is 6. The van der Waals surface area contributed by atoms with E-state index < -0.39 is 10.6 Å². The van der Waals surface area contributed by atoms with E-state index in [1.807, 2.05) is 13.8 Å². The van der Waals surface area contributed by atoms with Crippen LogP contribution in [0.4, 0.5) is 0 Å². The molecule has 2 unspecified atom stereocenters. The van der Waals surface area contributed by atoms with Crippen molar-refractivity contribution in [3.8, 4) is 0 Å². The molecule has 1 aliphatic carbocycles. The van der Waals surface area contributed by atoms with Crippen molar-refractivity contribution >= 4 is 58.0 Å². The summed E-state index contributed by atoms with van der Waals surface area (Å²) in [5.41, 5.74) is 0.828. The van der Waals surface area contributed by atoms with Crippen LogP contribution in [-0.2, 0) is 9.47 Å². The summed E-state index contributed by atoms with van der Waals surface area (Å²) in [5.74, 6) is -0.356. The van der Waals surface area contributed by atoms with Crippen LogP contribution in [0.3, 0.4) is 0 Å². The number of hydrogen-bond acceptors (Lipinski definition) is 2. The van der Waals surface area contributed by atoms with Crippen LogP contribution < -0.4 is 0 Å². The summed E-state index contributed by atoms with van der Waals surface area (Å²) in [6.45, 7) is 4.81. The van der Waals surface area contributed by atoms with Gasteiger partial charge in [-0.3, -0.25) is 0 Å². The minimum absolute atomic E-state index is 0.170. The van der Waals surface area contributed by atoms with Gasteiger partial charge in [-0.05, 0) is 31.5 Å². The molecule has 0 spiro atoms. The zero-order chi connectivity index (χ0) is 15.8. The molecule has 0 radical (unpaired) electrons. The van der Waals surface area contributed by atoms with Crippen molar-refractivity contribution in [2.75, 3.05) is 13.2 Å². The highest BCUT2D eigenvalue weighted by atomic mass is 35.5. The second kappa shape index (κ2) is 7.00. The largest absolute Gasteiger partial charge is 0.353 e. The van der Waals surface area contributed by atoms with E-state index in [4.69, 9.17) is 67.5 Å². The average molecular weight is 393 g/mol. The third kappa shape index (κ3) is 3.58. The van der Waals surface area contributed by atoms with Gasteiger partial charge in [-0.2, -0.15) is 0 Å². The van der Waals surface area contributed by atoms with Crippen molar-refractivity contribution in [3.05, 3.63) is 32.8 Å². The second-order valence-electron chi connectivity index (χ2n) is 4.76. The minimum Gasteiger partial charge on any atom is -0.353 e. The van der Waals surface area contributed by atoms with Crippen LogP contribution in [-0.4, -0.2) is 23.8 Å². The molecule has 0 saturated heterocycles. The standard InChI is InChI=1S/C14H15Cl5O2/c1-3-20-13(21-4-2)11-10(14(11,18)19)7-5-8(15)12(17)9(16)6-7/h5-6,10-11,13H,3-4H2,1-2H3. The van der Waals surface area contributed by atoms with E-state index >= 15 is 0 Å². The normalized spacial score (nSPS) is 23.6. The number of ether oxygens (including phenoxy) is 2. The molecule has 0 heterocycles. The molecule has 2 nitrogen and oxygen atoms in total. The molecule has 0 bridgehead atoms. The van der Waals surface area contributed by atoms with Gasteiger partial charge in [0, 0.05) is 19.1 Å². The lowest BCUT2D eigenvalue weighted by Crippen LogP contribution is -2.22. The predicted molar refractivity (Wildman–Crippen MR) is 89.2 cm³/mol. The van der Waals surface area contributed by atoms with E-state index in [9.17, 15) is 0 Å². The smallest absolute Gasteiger partial charge is 0.163 e. The van der Waals surface area contributed by atoms with Crippen molar-refractivity contribution in [3.63, 3.8) is 0 Å². The van der Waals surface area contributed by atoms with Gasteiger partial charge in [-0.1, -0.05) is 34.8 Å². The Labute approximate surface area is 149 Å². The Hall–Kier alpha value is 0.590. The van der Waals surface area contributed by atoms with E-state index in [1.165, 1.54) is 0 Å². The molecule has 1 saturated carbocycles. The van der Waals surface area contributed by atoms with Gasteiger partial charge in [-0.25, -0.2) is 0 Å². The fourth-order valence-corrected chi connectivity index (χ4v) is 3.93. The topological polar surface area (TPSA) is 18.5 Å². The Kier molecular flexibility index (Phi) is 5.98. The Morgan fingerprint density at radius 3 is 1.95 bits per heavy atom. The first-order valence-electron chi connectivity index (χ1n) is 6.60. The van der Waals surface area contributed by atoms with E-state index in [2.05, 4.69) is 0 Å². The van der Waals surface area contributed by atoms with Gasteiger partial charge in [0.15, 0.2) is 6.29 Å². The Balaban J connectivity index is 2.28. The molecule has 1 aliphatic rings. The first-order chi connectivity index (χ1) is 9.84. The lowest BCUT2D eigenvalue weighted by Gasteiger charge is -2.17. The highest BCUT2D eigenvalue weighted by molar-refractivity contribution is 6.52. The molecule has 2 atom stereocenters. The molecular formula is C14H15Cl5O2. The van der Waals surface area contributed by atoms with Crippen molar-refractivity contribution < 1.29 is 9.47 Å². The summed E-state index contributed by atoms with van der Waals surface area (Å²) < 4.78 is 10.2. The average Bonchev–Trinajstić information content (AvgIpc) is 2.98. The molecule has 7 heteroatoms. The molecule has 0 N–H and O–H groups in total. The van der Waals surface area contributed by atoms with Gasteiger partial charge in [0.1, 0.15) is 4.33 Å². The quantitative estimate of drug-likeness (QED) is 0.339. The minimum atomic E-state index is -0.977. The molecular weight excluding hydrogens is 377 g/mol. The third-order valence-electron chi connectivity index (χ3n) is 3.43. The van der Waals surface area contributed by atoms with Gasteiger partial charge >= 0.3 is 0 Å². The lowest BCUT2D eigenvalue weighted by molar-refractivity contribution is -0.149. The molecule has 21 heavy (non-hydrogen) atoms. The second-order valence-corrected chi connectivity index (χ2v) is 7.39. The summed E-state index contributed by atoms with van der Waals surface area (Å²) in [5, 5.41) is 1.07. The SMILES string of the molecule is CCOC(OCC)C1C(c2cc(Cl)c(Cl)c(Cl)c2)C1(Cl)Cl. The maximum Gasteiger partial charge on any atom is 0.163 e. The van der Waals surface area contributed by atoms with Crippen molar-refractivity contribution in [1.82, 2.24) is 0 Å². The molecule has 0 aliphatic heterocycles. The maximum absolute atomic E-state index is 6.40. The molecule has 2 rings (SSSR count). The van der Waals surface area contributed by atoms with E-state index in [-0.39, 0.29) is 11.8 Å². The lowest BCUT2D eigenvalue weighted by atomic mass is 10.1. The fraction of sp³-hybridized carbons (Fsp3) is 0.571. The number of halogens is 5. The Bertz CT molecular complexity index is 491. The van der Waals surface area contributed by atoms with Crippen molar-refractivity contribution in [2.24, 2.45) is 5.92 Å². The Morgan fingerprint density at radius 2 is 1.52 bits per heavy atom. The van der Waals surface area contributed by atoms with Crippen LogP contribution in [0.1, 0.15) is 25.3 Å². The van der Waals surface area contributed by atoms with E-state index in [0.717, 1.165) is 5.56 Å². The van der Waals surface area contributed by atoms with Crippen molar-refractivity contribution in [2.45, 2.75) is 30.4 Å². The third-order valence-corrected chi connectivity index (χ3v) is 5.60. The monoisotopic (exact) mass is 390 g/mol. The zero-order valence-electron chi connectivity index (χ0n) is 11.5. The summed E-state index contributed by atoms with van der Waals surface area (Å²) >= 11 is 30.9. The molecule has 0 amide bonds. The van der Waals surface area contributed by atoms with Gasteiger partial charge in [0.05, 0.1) is 21.0 Å². The van der Waals surface area contributed by atoms with Crippen LogP contribution in [0.15, 0.2) is 12.1 Å². The van der Waals surface area contributed by atoms with Crippen LogP contribution >= 0.6 is 58.0 Å². The Morgan fingerprint density at radius 1 is 1.05 bits per heavy atom. The van der Waals surface area contributed by atoms with E-state index in [0.29, 0.717) is 28.3 Å². The fourth-order valence-electron chi connectivity index (χ4n) is 2.46. The van der Waals surface area contributed by atoms with Crippen LogP contribution in [0.2, 0.25) is 15.1 Å². The highest BCUT2D eigenvalue weighted by Gasteiger charge is 2.67. The molecule has 1 fully saturated rings.